The van der Waals surface area contributed by atoms with Gasteiger partial charge in [0.25, 0.3) is 0 Å². The first-order valence-electron chi connectivity index (χ1n) is 6.84. The average molecular weight is 288 g/mol. The third-order valence-electron chi connectivity index (χ3n) is 3.32. The topological polar surface area (TPSA) is 38.0 Å². The van der Waals surface area contributed by atoms with Crippen molar-refractivity contribution in [1.82, 2.24) is 5.32 Å². The van der Waals surface area contributed by atoms with Crippen LogP contribution in [0.2, 0.25) is 0 Å². The molecule has 0 heterocycles. The lowest BCUT2D eigenvalue weighted by Crippen LogP contribution is -2.33. The Morgan fingerprint density at radius 3 is 2.20 bits per heavy atom. The molecule has 1 aromatic rings. The number of anilines is 1. The van der Waals surface area contributed by atoms with E-state index in [1.807, 2.05) is 24.3 Å². The molecule has 114 valence electrons. The molecule has 2 nitrogen and oxygen atoms in total. The van der Waals surface area contributed by atoms with Crippen LogP contribution >= 0.6 is 0 Å². The molecule has 0 amide bonds. The molecular formula is C15H23F3N2. The Morgan fingerprint density at radius 2 is 1.65 bits per heavy atom. The number of unbranched alkanes of at least 4 members (excludes halogenated alkanes) is 1. The van der Waals surface area contributed by atoms with Crippen LogP contribution in [0.4, 0.5) is 18.9 Å². The van der Waals surface area contributed by atoms with Gasteiger partial charge in [-0.3, -0.25) is 0 Å². The van der Waals surface area contributed by atoms with Crippen molar-refractivity contribution < 1.29 is 13.2 Å². The van der Waals surface area contributed by atoms with E-state index < -0.39 is 12.6 Å². The summed E-state index contributed by atoms with van der Waals surface area (Å²) in [5.74, 6) is 0. The van der Waals surface area contributed by atoms with Gasteiger partial charge in [0.1, 0.15) is 0 Å². The van der Waals surface area contributed by atoms with Gasteiger partial charge in [-0.25, -0.2) is 0 Å². The molecule has 5 heteroatoms. The SMILES string of the molecule is CC(C)(CNCCCCC(F)(F)F)c1ccc(N)cc1. The largest absolute Gasteiger partial charge is 0.399 e. The lowest BCUT2D eigenvalue weighted by Gasteiger charge is -2.26. The number of nitrogens with two attached hydrogens (primary N) is 1. The number of alkyl halides is 3. The number of nitrogens with one attached hydrogen (secondary N) is 1. The third-order valence-corrected chi connectivity index (χ3v) is 3.32. The predicted octanol–water partition coefficient (Wildman–Crippen LogP) is 3.87. The highest BCUT2D eigenvalue weighted by Gasteiger charge is 2.25. The molecule has 0 fully saturated rings. The van der Waals surface area contributed by atoms with E-state index in [1.54, 1.807) is 0 Å². The number of hydrogen-bond donors (Lipinski definition) is 2. The Bertz CT molecular complexity index is 397. The standard InChI is InChI=1S/C15H23F3N2/c1-14(2,12-5-7-13(19)8-6-12)11-20-10-4-3-9-15(16,17)18/h5-8,20H,3-4,9-11,19H2,1-2H3. The Kier molecular flexibility index (Phi) is 5.87. The molecule has 0 aliphatic rings. The quantitative estimate of drug-likeness (QED) is 0.590. The lowest BCUT2D eigenvalue weighted by molar-refractivity contribution is -0.135. The lowest BCUT2D eigenvalue weighted by atomic mass is 9.84. The molecule has 0 saturated heterocycles. The van der Waals surface area contributed by atoms with E-state index in [0.717, 1.165) is 17.8 Å². The molecule has 3 N–H and O–H groups in total. The van der Waals surface area contributed by atoms with Crippen LogP contribution in [-0.2, 0) is 5.41 Å². The summed E-state index contributed by atoms with van der Waals surface area (Å²) in [5.41, 5.74) is 7.47. The fraction of sp³-hybridized carbons (Fsp3) is 0.600. The van der Waals surface area contributed by atoms with Crippen LogP contribution in [-0.4, -0.2) is 19.3 Å². The molecule has 0 spiro atoms. The number of hydrogen-bond acceptors (Lipinski definition) is 2. The summed E-state index contributed by atoms with van der Waals surface area (Å²) in [6.07, 6.45) is -4.02. The van der Waals surface area contributed by atoms with Gasteiger partial charge in [-0.2, -0.15) is 13.2 Å². The normalized spacial score (nSPS) is 12.7. The fourth-order valence-electron chi connectivity index (χ4n) is 2.01. The van der Waals surface area contributed by atoms with Crippen LogP contribution in [0, 0.1) is 0 Å². The summed E-state index contributed by atoms with van der Waals surface area (Å²) in [6, 6.07) is 7.70. The zero-order chi connectivity index (χ0) is 15.2. The van der Waals surface area contributed by atoms with Gasteiger partial charge in [0, 0.05) is 24.1 Å². The van der Waals surface area contributed by atoms with Crippen molar-refractivity contribution in [3.05, 3.63) is 29.8 Å². The highest BCUT2D eigenvalue weighted by atomic mass is 19.4. The Balaban J connectivity index is 2.28. The molecule has 0 aliphatic heterocycles. The minimum Gasteiger partial charge on any atom is -0.399 e. The highest BCUT2D eigenvalue weighted by molar-refractivity contribution is 5.41. The maximum absolute atomic E-state index is 12.0. The molecule has 0 aromatic heterocycles. The van der Waals surface area contributed by atoms with Crippen LogP contribution < -0.4 is 11.1 Å². The van der Waals surface area contributed by atoms with Gasteiger partial charge in [0.2, 0.25) is 0 Å². The highest BCUT2D eigenvalue weighted by Crippen LogP contribution is 2.24. The average Bonchev–Trinajstić information content (AvgIpc) is 2.33. The second-order valence-electron chi connectivity index (χ2n) is 5.75. The van der Waals surface area contributed by atoms with Crippen molar-refractivity contribution >= 4 is 5.69 Å². The molecule has 1 rings (SSSR count). The zero-order valence-corrected chi connectivity index (χ0v) is 12.1. The van der Waals surface area contributed by atoms with E-state index >= 15 is 0 Å². The van der Waals surface area contributed by atoms with Crippen LogP contribution in [0.15, 0.2) is 24.3 Å². The van der Waals surface area contributed by atoms with Crippen molar-refractivity contribution in [2.24, 2.45) is 0 Å². The van der Waals surface area contributed by atoms with E-state index in [9.17, 15) is 13.2 Å². The maximum Gasteiger partial charge on any atom is 0.389 e. The number of nitrogen functional groups attached to an aromatic ring is 1. The van der Waals surface area contributed by atoms with Crippen molar-refractivity contribution in [2.45, 2.75) is 44.7 Å². The molecule has 0 aliphatic carbocycles. The maximum atomic E-state index is 12.0. The number of rotatable bonds is 7. The Morgan fingerprint density at radius 1 is 1.05 bits per heavy atom. The summed E-state index contributed by atoms with van der Waals surface area (Å²) >= 11 is 0. The second-order valence-corrected chi connectivity index (χ2v) is 5.75. The zero-order valence-electron chi connectivity index (χ0n) is 12.1. The summed E-state index contributed by atoms with van der Waals surface area (Å²) in [6.45, 7) is 5.53. The third kappa shape index (κ3) is 6.28. The van der Waals surface area contributed by atoms with Crippen LogP contribution in [0.25, 0.3) is 0 Å². The van der Waals surface area contributed by atoms with Gasteiger partial charge in [-0.05, 0) is 37.1 Å². The van der Waals surface area contributed by atoms with Crippen LogP contribution in [0.5, 0.6) is 0 Å². The van der Waals surface area contributed by atoms with Crippen LogP contribution in [0.3, 0.4) is 0 Å². The van der Waals surface area contributed by atoms with E-state index in [-0.39, 0.29) is 11.8 Å². The molecule has 0 saturated carbocycles. The summed E-state index contributed by atoms with van der Waals surface area (Å²) in [4.78, 5) is 0. The van der Waals surface area contributed by atoms with E-state index in [4.69, 9.17) is 5.73 Å². The van der Waals surface area contributed by atoms with Crippen molar-refractivity contribution in [2.75, 3.05) is 18.8 Å². The number of benzene rings is 1. The predicted molar refractivity (Wildman–Crippen MR) is 76.7 cm³/mol. The monoisotopic (exact) mass is 288 g/mol. The van der Waals surface area contributed by atoms with E-state index in [0.29, 0.717) is 13.0 Å². The van der Waals surface area contributed by atoms with Crippen LogP contribution in [0.1, 0.15) is 38.7 Å². The fourth-order valence-corrected chi connectivity index (χ4v) is 2.01. The second kappa shape index (κ2) is 6.97. The van der Waals surface area contributed by atoms with Gasteiger partial charge in [-0.1, -0.05) is 26.0 Å². The first-order chi connectivity index (χ1) is 9.21. The summed E-state index contributed by atoms with van der Waals surface area (Å²) in [5, 5.41) is 3.23. The molecule has 0 atom stereocenters. The minimum atomic E-state index is -4.04. The van der Waals surface area contributed by atoms with E-state index in [2.05, 4.69) is 19.2 Å². The van der Waals surface area contributed by atoms with Crippen molar-refractivity contribution in [3.8, 4) is 0 Å². The molecular weight excluding hydrogens is 265 g/mol. The van der Waals surface area contributed by atoms with Crippen molar-refractivity contribution in [3.63, 3.8) is 0 Å². The molecule has 0 radical (unpaired) electrons. The van der Waals surface area contributed by atoms with Gasteiger partial charge in [0.05, 0.1) is 0 Å². The summed E-state index contributed by atoms with van der Waals surface area (Å²) in [7, 11) is 0. The molecule has 0 unspecified atom stereocenters. The first kappa shape index (κ1) is 16.8. The molecule has 1 aromatic carbocycles. The first-order valence-corrected chi connectivity index (χ1v) is 6.84. The van der Waals surface area contributed by atoms with Gasteiger partial charge in [-0.15, -0.1) is 0 Å². The summed E-state index contributed by atoms with van der Waals surface area (Å²) < 4.78 is 35.9. The van der Waals surface area contributed by atoms with E-state index in [1.165, 1.54) is 0 Å². The van der Waals surface area contributed by atoms with Gasteiger partial charge < -0.3 is 11.1 Å². The minimum absolute atomic E-state index is 0.0717. The number of halogens is 3. The molecule has 20 heavy (non-hydrogen) atoms. The Labute approximate surface area is 118 Å². The van der Waals surface area contributed by atoms with Gasteiger partial charge >= 0.3 is 6.18 Å². The smallest absolute Gasteiger partial charge is 0.389 e. The van der Waals surface area contributed by atoms with Crippen molar-refractivity contribution in [1.29, 1.82) is 0 Å². The van der Waals surface area contributed by atoms with Gasteiger partial charge in [0.15, 0.2) is 0 Å². The molecule has 0 bridgehead atoms. The Hall–Kier alpha value is -1.23.